The molecule has 1 aliphatic rings. The second-order valence-corrected chi connectivity index (χ2v) is 5.46. The number of nitrogens with zero attached hydrogens (tertiary/aromatic N) is 5. The van der Waals surface area contributed by atoms with Gasteiger partial charge in [0.05, 0.1) is 19.0 Å². The number of hydrogen-bond acceptors (Lipinski definition) is 7. The Labute approximate surface area is 140 Å². The number of ether oxygens (including phenoxy) is 1. The molecule has 3 rings (SSSR count). The minimum absolute atomic E-state index is 0.106. The quantitative estimate of drug-likeness (QED) is 0.905. The molecule has 2 heterocycles. The monoisotopic (exact) mass is 328 g/mol. The molecule has 1 N–H and O–H groups in total. The van der Waals surface area contributed by atoms with Crippen LogP contribution in [0.3, 0.4) is 0 Å². The van der Waals surface area contributed by atoms with Gasteiger partial charge in [-0.2, -0.15) is 10.1 Å². The number of aromatic nitrogens is 3. The summed E-state index contributed by atoms with van der Waals surface area (Å²) in [6, 6.07) is 7.55. The molecule has 0 bridgehead atoms. The van der Waals surface area contributed by atoms with E-state index < -0.39 is 0 Å². The first-order valence-corrected chi connectivity index (χ1v) is 7.77. The van der Waals surface area contributed by atoms with Gasteiger partial charge in [-0.1, -0.05) is 12.1 Å². The van der Waals surface area contributed by atoms with E-state index in [0.29, 0.717) is 24.8 Å². The lowest BCUT2D eigenvalue weighted by molar-refractivity contribution is -0.129. The number of amides is 1. The molecule has 0 unspecified atom stereocenters. The number of para-hydroxylation sites is 2. The van der Waals surface area contributed by atoms with Crippen molar-refractivity contribution in [3.63, 3.8) is 0 Å². The highest BCUT2D eigenvalue weighted by atomic mass is 16.5. The molecule has 1 aromatic carbocycles. The zero-order chi connectivity index (χ0) is 16.9. The summed E-state index contributed by atoms with van der Waals surface area (Å²) in [6.45, 7) is 4.43. The Morgan fingerprint density at radius 3 is 2.67 bits per heavy atom. The molecule has 0 saturated carbocycles. The molecule has 0 spiro atoms. The maximum atomic E-state index is 11.4. The van der Waals surface area contributed by atoms with Gasteiger partial charge in [-0.15, -0.1) is 5.10 Å². The number of benzene rings is 1. The Hall–Kier alpha value is -2.90. The summed E-state index contributed by atoms with van der Waals surface area (Å²) in [4.78, 5) is 19.9. The average Bonchev–Trinajstić information content (AvgIpc) is 2.62. The van der Waals surface area contributed by atoms with Crippen LogP contribution in [0.5, 0.6) is 5.75 Å². The summed E-state index contributed by atoms with van der Waals surface area (Å²) < 4.78 is 5.31. The third-order valence-corrected chi connectivity index (χ3v) is 3.95. The number of rotatable bonds is 4. The highest BCUT2D eigenvalue weighted by molar-refractivity contribution is 5.73. The number of piperazine rings is 1. The highest BCUT2D eigenvalue weighted by Gasteiger charge is 2.20. The lowest BCUT2D eigenvalue weighted by Crippen LogP contribution is -2.48. The van der Waals surface area contributed by atoms with Gasteiger partial charge < -0.3 is 19.9 Å². The molecule has 0 radical (unpaired) electrons. The summed E-state index contributed by atoms with van der Waals surface area (Å²) in [5.41, 5.74) is 0.778. The number of carbonyl (C=O) groups excluding carboxylic acids is 1. The van der Waals surface area contributed by atoms with Crippen molar-refractivity contribution in [3.8, 4) is 5.75 Å². The van der Waals surface area contributed by atoms with E-state index in [0.717, 1.165) is 24.6 Å². The van der Waals surface area contributed by atoms with Gasteiger partial charge in [0.15, 0.2) is 5.82 Å². The molecule has 24 heavy (non-hydrogen) atoms. The standard InChI is InChI=1S/C16H20N6O2/c1-12(23)21-7-9-22(10-8-21)15-11-17-20-16(19-15)18-13-5-3-4-6-14(13)24-2/h3-6,11H,7-10H2,1-2H3,(H,18,19,20). The summed E-state index contributed by atoms with van der Waals surface area (Å²) in [5.74, 6) is 1.96. The van der Waals surface area contributed by atoms with E-state index in [1.165, 1.54) is 0 Å². The average molecular weight is 328 g/mol. The topological polar surface area (TPSA) is 83.5 Å². The van der Waals surface area contributed by atoms with Crippen molar-refractivity contribution in [2.24, 2.45) is 0 Å². The number of hydrogen-bond donors (Lipinski definition) is 1. The van der Waals surface area contributed by atoms with Crippen molar-refractivity contribution in [3.05, 3.63) is 30.5 Å². The van der Waals surface area contributed by atoms with Crippen molar-refractivity contribution in [1.29, 1.82) is 0 Å². The van der Waals surface area contributed by atoms with E-state index in [4.69, 9.17) is 4.74 Å². The largest absolute Gasteiger partial charge is 0.495 e. The molecule has 1 fully saturated rings. The Morgan fingerprint density at radius 2 is 1.96 bits per heavy atom. The van der Waals surface area contributed by atoms with Crippen LogP contribution in [0, 0.1) is 0 Å². The lowest BCUT2D eigenvalue weighted by atomic mass is 10.3. The molecule has 8 nitrogen and oxygen atoms in total. The van der Waals surface area contributed by atoms with E-state index >= 15 is 0 Å². The number of anilines is 3. The maximum absolute atomic E-state index is 11.4. The highest BCUT2D eigenvalue weighted by Crippen LogP contribution is 2.25. The van der Waals surface area contributed by atoms with Crippen LogP contribution in [0.1, 0.15) is 6.92 Å². The number of nitrogens with one attached hydrogen (secondary N) is 1. The van der Waals surface area contributed by atoms with E-state index in [2.05, 4.69) is 25.4 Å². The fourth-order valence-corrected chi connectivity index (χ4v) is 2.62. The van der Waals surface area contributed by atoms with Crippen molar-refractivity contribution in [2.75, 3.05) is 43.5 Å². The smallest absolute Gasteiger partial charge is 0.249 e. The molecule has 1 aromatic heterocycles. The van der Waals surface area contributed by atoms with Gasteiger partial charge in [0, 0.05) is 33.1 Å². The molecule has 1 saturated heterocycles. The normalized spacial score (nSPS) is 14.4. The fraction of sp³-hybridized carbons (Fsp3) is 0.375. The van der Waals surface area contributed by atoms with Crippen LogP contribution in [0.25, 0.3) is 0 Å². The summed E-state index contributed by atoms with van der Waals surface area (Å²) in [7, 11) is 1.62. The van der Waals surface area contributed by atoms with E-state index in [1.54, 1.807) is 20.2 Å². The minimum Gasteiger partial charge on any atom is -0.495 e. The van der Waals surface area contributed by atoms with Gasteiger partial charge in [-0.25, -0.2) is 0 Å². The van der Waals surface area contributed by atoms with Crippen molar-refractivity contribution >= 4 is 23.4 Å². The van der Waals surface area contributed by atoms with E-state index in [1.807, 2.05) is 29.2 Å². The van der Waals surface area contributed by atoms with Crippen molar-refractivity contribution in [1.82, 2.24) is 20.1 Å². The van der Waals surface area contributed by atoms with E-state index in [9.17, 15) is 4.79 Å². The Kier molecular flexibility index (Phi) is 4.74. The van der Waals surface area contributed by atoms with Crippen molar-refractivity contribution < 1.29 is 9.53 Å². The minimum atomic E-state index is 0.106. The predicted molar refractivity (Wildman–Crippen MR) is 90.6 cm³/mol. The SMILES string of the molecule is COc1ccccc1Nc1nncc(N2CCN(C(C)=O)CC2)n1. The third kappa shape index (κ3) is 3.53. The van der Waals surface area contributed by atoms with Gasteiger partial charge in [-0.05, 0) is 12.1 Å². The first-order valence-electron chi connectivity index (χ1n) is 7.77. The molecule has 1 amide bonds. The fourth-order valence-electron chi connectivity index (χ4n) is 2.62. The first kappa shape index (κ1) is 16.0. The van der Waals surface area contributed by atoms with Crippen LogP contribution in [0.2, 0.25) is 0 Å². The first-order chi connectivity index (χ1) is 11.7. The van der Waals surface area contributed by atoms with Crippen LogP contribution < -0.4 is 15.0 Å². The molecule has 2 aromatic rings. The molecule has 0 aliphatic carbocycles. The molecule has 8 heteroatoms. The van der Waals surface area contributed by atoms with Crippen LogP contribution in [-0.2, 0) is 4.79 Å². The van der Waals surface area contributed by atoms with Gasteiger partial charge in [0.2, 0.25) is 11.9 Å². The predicted octanol–water partition coefficient (Wildman–Crippen LogP) is 1.29. The van der Waals surface area contributed by atoms with Gasteiger partial charge in [0.1, 0.15) is 5.75 Å². The Morgan fingerprint density at radius 1 is 1.21 bits per heavy atom. The molecular formula is C16H20N6O2. The van der Waals surface area contributed by atoms with Crippen LogP contribution in [0.15, 0.2) is 30.5 Å². The zero-order valence-corrected chi connectivity index (χ0v) is 13.8. The van der Waals surface area contributed by atoms with E-state index in [-0.39, 0.29) is 5.91 Å². The Bertz CT molecular complexity index is 715. The maximum Gasteiger partial charge on any atom is 0.249 e. The molecule has 0 atom stereocenters. The number of methoxy groups -OCH3 is 1. The Balaban J connectivity index is 1.72. The third-order valence-electron chi connectivity index (χ3n) is 3.95. The lowest BCUT2D eigenvalue weighted by Gasteiger charge is -2.34. The summed E-state index contributed by atoms with van der Waals surface area (Å²) in [6.07, 6.45) is 1.64. The van der Waals surface area contributed by atoms with Gasteiger partial charge in [0.25, 0.3) is 0 Å². The van der Waals surface area contributed by atoms with Crippen LogP contribution in [0.4, 0.5) is 17.5 Å². The van der Waals surface area contributed by atoms with Gasteiger partial charge >= 0.3 is 0 Å². The summed E-state index contributed by atoms with van der Waals surface area (Å²) in [5, 5.41) is 11.2. The van der Waals surface area contributed by atoms with Gasteiger partial charge in [-0.3, -0.25) is 4.79 Å². The molecule has 1 aliphatic heterocycles. The molecular weight excluding hydrogens is 308 g/mol. The van der Waals surface area contributed by atoms with Crippen LogP contribution >= 0.6 is 0 Å². The molecule has 126 valence electrons. The zero-order valence-electron chi connectivity index (χ0n) is 13.8. The van der Waals surface area contributed by atoms with Crippen molar-refractivity contribution in [2.45, 2.75) is 6.92 Å². The summed E-state index contributed by atoms with van der Waals surface area (Å²) >= 11 is 0. The van der Waals surface area contributed by atoms with Crippen LogP contribution in [-0.4, -0.2) is 59.3 Å². The number of carbonyl (C=O) groups is 1. The second-order valence-electron chi connectivity index (χ2n) is 5.46. The second kappa shape index (κ2) is 7.12.